The van der Waals surface area contributed by atoms with E-state index in [2.05, 4.69) is 93.7 Å². The topological polar surface area (TPSA) is 78.9 Å². The van der Waals surface area contributed by atoms with Crippen LogP contribution in [-0.2, 0) is 28.6 Å². The highest BCUT2D eigenvalue weighted by atomic mass is 16.6. The fourth-order valence-corrected chi connectivity index (χ4v) is 7.76. The zero-order valence-electron chi connectivity index (χ0n) is 43.4. The number of carbonyl (C=O) groups is 3. The van der Waals surface area contributed by atoms with Gasteiger partial charge in [0.1, 0.15) is 13.2 Å². The fourth-order valence-electron chi connectivity index (χ4n) is 7.76. The predicted molar refractivity (Wildman–Crippen MR) is 284 cm³/mol. The summed E-state index contributed by atoms with van der Waals surface area (Å²) in [5.41, 5.74) is 0. The molecule has 0 saturated carbocycles. The Morgan fingerprint density at radius 1 is 0.318 bits per heavy atom. The van der Waals surface area contributed by atoms with E-state index in [1.807, 2.05) is 0 Å². The van der Waals surface area contributed by atoms with Crippen LogP contribution in [0.2, 0.25) is 0 Å². The van der Waals surface area contributed by atoms with Gasteiger partial charge in [0, 0.05) is 19.3 Å². The third kappa shape index (κ3) is 51.8. The van der Waals surface area contributed by atoms with Gasteiger partial charge < -0.3 is 14.2 Å². The summed E-state index contributed by atoms with van der Waals surface area (Å²) >= 11 is 0. The Balaban J connectivity index is 4.20. The van der Waals surface area contributed by atoms with Crippen molar-refractivity contribution in [3.63, 3.8) is 0 Å². The second kappa shape index (κ2) is 54.5. The predicted octanol–water partition coefficient (Wildman–Crippen LogP) is 18.6. The Labute approximate surface area is 408 Å². The van der Waals surface area contributed by atoms with Crippen molar-refractivity contribution in [1.82, 2.24) is 0 Å². The molecule has 0 N–H and O–H groups in total. The number of esters is 3. The van der Waals surface area contributed by atoms with Crippen molar-refractivity contribution in [1.29, 1.82) is 0 Å². The van der Waals surface area contributed by atoms with Crippen LogP contribution in [0.5, 0.6) is 0 Å². The van der Waals surface area contributed by atoms with Gasteiger partial charge in [-0.3, -0.25) is 14.4 Å². The zero-order valence-corrected chi connectivity index (χ0v) is 43.4. The molecule has 6 nitrogen and oxygen atoms in total. The molecule has 0 rings (SSSR count). The van der Waals surface area contributed by atoms with E-state index in [1.54, 1.807) is 0 Å². The van der Waals surface area contributed by atoms with Crippen LogP contribution in [0.3, 0.4) is 0 Å². The number of rotatable bonds is 50. The van der Waals surface area contributed by atoms with E-state index < -0.39 is 6.10 Å². The molecule has 0 aromatic carbocycles. The average Bonchev–Trinajstić information content (AvgIpc) is 3.31. The zero-order chi connectivity index (χ0) is 47.9. The maximum atomic E-state index is 12.8. The molecule has 6 heteroatoms. The first-order valence-electron chi connectivity index (χ1n) is 27.9. The molecule has 0 spiro atoms. The van der Waals surface area contributed by atoms with Crippen LogP contribution in [0, 0.1) is 0 Å². The van der Waals surface area contributed by atoms with Crippen LogP contribution in [-0.4, -0.2) is 37.2 Å². The van der Waals surface area contributed by atoms with Crippen molar-refractivity contribution < 1.29 is 28.6 Å². The fraction of sp³-hybridized carbons (Fsp3) is 0.750. The van der Waals surface area contributed by atoms with Gasteiger partial charge in [0.15, 0.2) is 6.10 Å². The second-order valence-corrected chi connectivity index (χ2v) is 18.5. The van der Waals surface area contributed by atoms with Crippen LogP contribution < -0.4 is 0 Å². The van der Waals surface area contributed by atoms with Crippen LogP contribution in [0.4, 0.5) is 0 Å². The third-order valence-corrected chi connectivity index (χ3v) is 11.9. The molecule has 0 aromatic heterocycles. The van der Waals surface area contributed by atoms with E-state index in [0.29, 0.717) is 19.3 Å². The van der Waals surface area contributed by atoms with Gasteiger partial charge in [0.25, 0.3) is 0 Å². The van der Waals surface area contributed by atoms with Crippen LogP contribution >= 0.6 is 0 Å². The van der Waals surface area contributed by atoms with Gasteiger partial charge in [0.2, 0.25) is 0 Å². The van der Waals surface area contributed by atoms with E-state index in [9.17, 15) is 14.4 Å². The number of allylic oxidation sites excluding steroid dienone is 12. The summed E-state index contributed by atoms with van der Waals surface area (Å²) in [7, 11) is 0. The summed E-state index contributed by atoms with van der Waals surface area (Å²) in [6, 6.07) is 0. The lowest BCUT2D eigenvalue weighted by Crippen LogP contribution is -2.30. The van der Waals surface area contributed by atoms with Gasteiger partial charge in [0.05, 0.1) is 0 Å². The van der Waals surface area contributed by atoms with Crippen molar-refractivity contribution in [3.8, 4) is 0 Å². The average molecular weight is 921 g/mol. The van der Waals surface area contributed by atoms with Crippen molar-refractivity contribution in [2.75, 3.05) is 13.2 Å². The largest absolute Gasteiger partial charge is 0.462 e. The van der Waals surface area contributed by atoms with Crippen LogP contribution in [0.25, 0.3) is 0 Å². The molecular weight excluding hydrogens is 817 g/mol. The number of unbranched alkanes of at least 4 members (excludes halogenated alkanes) is 27. The summed E-state index contributed by atoms with van der Waals surface area (Å²) in [5, 5.41) is 0. The van der Waals surface area contributed by atoms with Gasteiger partial charge in [-0.15, -0.1) is 0 Å². The monoisotopic (exact) mass is 921 g/mol. The van der Waals surface area contributed by atoms with E-state index >= 15 is 0 Å². The molecule has 0 fully saturated rings. The van der Waals surface area contributed by atoms with E-state index in [1.165, 1.54) is 122 Å². The van der Waals surface area contributed by atoms with E-state index in [0.717, 1.165) is 109 Å². The Kier molecular flexibility index (Phi) is 51.9. The molecule has 0 aliphatic rings. The number of hydrogen-bond acceptors (Lipinski definition) is 6. The Bertz CT molecular complexity index is 1240. The highest BCUT2D eigenvalue weighted by Crippen LogP contribution is 2.15. The Morgan fingerprint density at radius 2 is 0.591 bits per heavy atom. The normalized spacial score (nSPS) is 12.6. The molecule has 0 bridgehead atoms. The van der Waals surface area contributed by atoms with Crippen LogP contribution in [0.15, 0.2) is 72.9 Å². The standard InChI is InChI=1S/C60H104O6/c1-4-7-10-13-16-18-20-22-24-26-27-28-29-30-31-32-33-34-36-37-39-41-44-47-50-53-59(62)65-56-57(55-64-58(61)52-49-46-43-15-12-9-6-3)66-60(63)54-51-48-45-42-40-38-35-25-23-21-19-17-14-11-8-5-2/h7,10,16,18,22,24-25,27-28,30-31,35,57H,4-6,8-9,11-15,17,19-21,23,26,29,32-34,36-56H2,1-3H3/b10-7-,18-16-,24-22-,28-27-,31-30-,35-25-. The Morgan fingerprint density at radius 3 is 0.939 bits per heavy atom. The maximum absolute atomic E-state index is 12.8. The second-order valence-electron chi connectivity index (χ2n) is 18.5. The molecule has 0 aromatic rings. The SMILES string of the molecule is CC/C=C\C/C=C\C/C=C\C/C=C\C/C=C\CCCCCCCCCCCC(=O)OCC(COC(=O)CCCCCCCCC)OC(=O)CCCCCCC/C=C\CCCCCCCCC. The van der Waals surface area contributed by atoms with Gasteiger partial charge >= 0.3 is 17.9 Å². The molecule has 0 amide bonds. The van der Waals surface area contributed by atoms with Crippen molar-refractivity contribution in [2.24, 2.45) is 0 Å². The summed E-state index contributed by atoms with van der Waals surface area (Å²) in [6.45, 7) is 6.48. The lowest BCUT2D eigenvalue weighted by Gasteiger charge is -2.18. The molecule has 0 aliphatic carbocycles. The third-order valence-electron chi connectivity index (χ3n) is 11.9. The summed E-state index contributed by atoms with van der Waals surface area (Å²) in [5.74, 6) is -0.895. The quantitative estimate of drug-likeness (QED) is 0.0262. The molecule has 0 heterocycles. The highest BCUT2D eigenvalue weighted by molar-refractivity contribution is 5.71. The molecule has 1 atom stereocenters. The summed E-state index contributed by atoms with van der Waals surface area (Å²) in [4.78, 5) is 37.9. The summed E-state index contributed by atoms with van der Waals surface area (Å²) in [6.07, 6.45) is 69.1. The Hall–Kier alpha value is -3.15. The first-order chi connectivity index (χ1) is 32.5. The molecule has 1 unspecified atom stereocenters. The smallest absolute Gasteiger partial charge is 0.306 e. The molecule has 0 aliphatic heterocycles. The first kappa shape index (κ1) is 62.8. The lowest BCUT2D eigenvalue weighted by atomic mass is 10.1. The summed E-state index contributed by atoms with van der Waals surface area (Å²) < 4.78 is 16.8. The minimum atomic E-state index is -0.778. The molecule has 0 radical (unpaired) electrons. The first-order valence-corrected chi connectivity index (χ1v) is 27.9. The van der Waals surface area contributed by atoms with Crippen molar-refractivity contribution >= 4 is 17.9 Å². The van der Waals surface area contributed by atoms with Gasteiger partial charge in [-0.05, 0) is 89.9 Å². The van der Waals surface area contributed by atoms with Crippen LogP contribution in [0.1, 0.15) is 271 Å². The van der Waals surface area contributed by atoms with Gasteiger partial charge in [-0.1, -0.05) is 235 Å². The minimum absolute atomic E-state index is 0.0792. The van der Waals surface area contributed by atoms with E-state index in [4.69, 9.17) is 14.2 Å². The number of carbonyl (C=O) groups excluding carboxylic acids is 3. The van der Waals surface area contributed by atoms with Gasteiger partial charge in [-0.2, -0.15) is 0 Å². The molecule has 0 saturated heterocycles. The lowest BCUT2D eigenvalue weighted by molar-refractivity contribution is -0.167. The number of hydrogen-bond donors (Lipinski definition) is 0. The number of ether oxygens (including phenoxy) is 3. The van der Waals surface area contributed by atoms with Crippen molar-refractivity contribution in [3.05, 3.63) is 72.9 Å². The van der Waals surface area contributed by atoms with Gasteiger partial charge in [-0.25, -0.2) is 0 Å². The maximum Gasteiger partial charge on any atom is 0.306 e. The molecule has 66 heavy (non-hydrogen) atoms. The molecular formula is C60H104O6. The van der Waals surface area contributed by atoms with E-state index in [-0.39, 0.29) is 31.1 Å². The molecule has 380 valence electrons. The minimum Gasteiger partial charge on any atom is -0.462 e. The van der Waals surface area contributed by atoms with Crippen molar-refractivity contribution in [2.45, 2.75) is 277 Å². The highest BCUT2D eigenvalue weighted by Gasteiger charge is 2.19.